The highest BCUT2D eigenvalue weighted by Crippen LogP contribution is 2.32. The molecule has 1 unspecified atom stereocenters. The Hall–Kier alpha value is -2.92. The molecule has 4 rings (SSSR count). The topological polar surface area (TPSA) is 138 Å². The van der Waals surface area contributed by atoms with E-state index in [4.69, 9.17) is 4.74 Å². The van der Waals surface area contributed by atoms with Crippen LogP contribution in [-0.2, 0) is 4.74 Å². The van der Waals surface area contributed by atoms with Gasteiger partial charge in [-0.1, -0.05) is 30.3 Å². The van der Waals surface area contributed by atoms with Gasteiger partial charge in [-0.3, -0.25) is 9.99 Å². The third-order valence-corrected chi connectivity index (χ3v) is 4.33. The lowest BCUT2D eigenvalue weighted by molar-refractivity contribution is -0.0511. The molecule has 0 amide bonds. The Morgan fingerprint density at radius 2 is 1.96 bits per heavy atom. The molecule has 1 fully saturated rings. The second-order valence-electron chi connectivity index (χ2n) is 6.06. The fourth-order valence-corrected chi connectivity index (χ4v) is 2.94. The number of nitrogens with one attached hydrogen (secondary N) is 1. The first-order valence-corrected chi connectivity index (χ1v) is 8.33. The van der Waals surface area contributed by atoms with Crippen molar-refractivity contribution in [3.05, 3.63) is 48.5 Å². The Balaban J connectivity index is 1.60. The normalized spacial score (nSPS) is 25.4. The van der Waals surface area contributed by atoms with Gasteiger partial charge in [-0.05, 0) is 5.56 Å². The summed E-state index contributed by atoms with van der Waals surface area (Å²) in [4.78, 5) is 12.6. The molecule has 1 aliphatic rings. The maximum atomic E-state index is 10.2. The van der Waals surface area contributed by atoms with Crippen molar-refractivity contribution in [3.8, 4) is 0 Å². The van der Waals surface area contributed by atoms with Gasteiger partial charge in [0, 0.05) is 0 Å². The van der Waals surface area contributed by atoms with Crippen LogP contribution < -0.4 is 5.43 Å². The van der Waals surface area contributed by atoms with Crippen LogP contribution in [0.2, 0.25) is 0 Å². The van der Waals surface area contributed by atoms with Gasteiger partial charge in [-0.2, -0.15) is 5.10 Å². The number of imidazole rings is 1. The predicted molar refractivity (Wildman–Crippen MR) is 96.0 cm³/mol. The summed E-state index contributed by atoms with van der Waals surface area (Å²) in [5.41, 5.74) is 4.58. The van der Waals surface area contributed by atoms with E-state index < -0.39 is 31.1 Å². The van der Waals surface area contributed by atoms with Crippen molar-refractivity contribution in [1.82, 2.24) is 19.5 Å². The van der Waals surface area contributed by atoms with Crippen molar-refractivity contribution in [3.63, 3.8) is 0 Å². The number of aliphatic hydroxyl groups excluding tert-OH is 3. The van der Waals surface area contributed by atoms with Crippen LogP contribution in [0.15, 0.2) is 48.1 Å². The van der Waals surface area contributed by atoms with Gasteiger partial charge in [0.2, 0.25) is 0 Å². The van der Waals surface area contributed by atoms with Crippen LogP contribution in [0, 0.1) is 0 Å². The lowest BCUT2D eigenvalue weighted by atomic mass is 10.1. The molecule has 0 bridgehead atoms. The van der Waals surface area contributed by atoms with Crippen molar-refractivity contribution in [2.75, 3.05) is 12.0 Å². The fourth-order valence-electron chi connectivity index (χ4n) is 2.94. The van der Waals surface area contributed by atoms with Gasteiger partial charge < -0.3 is 20.1 Å². The van der Waals surface area contributed by atoms with E-state index in [1.807, 2.05) is 30.3 Å². The molecule has 3 aromatic rings. The SMILES string of the molecule is OC[C@H]1O[C@@H](n2cnc3c(N/N=C/c4ccccc4)ncnc32)C(O)[C@H]1O. The van der Waals surface area contributed by atoms with E-state index in [0.29, 0.717) is 17.0 Å². The number of aromatic nitrogens is 4. The van der Waals surface area contributed by atoms with E-state index in [2.05, 4.69) is 25.5 Å². The molecular formula is C17H18N6O4. The van der Waals surface area contributed by atoms with E-state index in [1.165, 1.54) is 17.2 Å². The molecule has 10 heteroatoms. The van der Waals surface area contributed by atoms with Gasteiger partial charge in [0.1, 0.15) is 24.6 Å². The van der Waals surface area contributed by atoms with Crippen LogP contribution in [0.3, 0.4) is 0 Å². The lowest BCUT2D eigenvalue weighted by Gasteiger charge is -2.16. The maximum Gasteiger partial charge on any atom is 0.177 e. The highest BCUT2D eigenvalue weighted by molar-refractivity contribution is 5.84. The second kappa shape index (κ2) is 7.37. The summed E-state index contributed by atoms with van der Waals surface area (Å²) in [5, 5.41) is 33.6. The minimum Gasteiger partial charge on any atom is -0.394 e. The average Bonchev–Trinajstić information content (AvgIpc) is 3.25. The molecule has 1 aliphatic heterocycles. The number of hydrazone groups is 1. The molecule has 3 heterocycles. The van der Waals surface area contributed by atoms with Gasteiger partial charge in [-0.25, -0.2) is 15.0 Å². The smallest absolute Gasteiger partial charge is 0.177 e. The van der Waals surface area contributed by atoms with Gasteiger partial charge in [-0.15, -0.1) is 0 Å². The van der Waals surface area contributed by atoms with E-state index in [9.17, 15) is 15.3 Å². The van der Waals surface area contributed by atoms with Crippen LogP contribution >= 0.6 is 0 Å². The van der Waals surface area contributed by atoms with Crippen LogP contribution in [0.4, 0.5) is 5.82 Å². The average molecular weight is 370 g/mol. The largest absolute Gasteiger partial charge is 0.394 e. The van der Waals surface area contributed by atoms with Crippen molar-refractivity contribution < 1.29 is 20.1 Å². The zero-order valence-corrected chi connectivity index (χ0v) is 14.1. The Labute approximate surface area is 153 Å². The molecule has 0 saturated carbocycles. The molecule has 1 aromatic carbocycles. The number of hydrogen-bond donors (Lipinski definition) is 4. The summed E-state index contributed by atoms with van der Waals surface area (Å²) in [6.07, 6.45) is 0.203. The zero-order valence-electron chi connectivity index (χ0n) is 14.1. The number of rotatable bonds is 5. The predicted octanol–water partition coefficient (Wildman–Crippen LogP) is -0.116. The number of anilines is 1. The summed E-state index contributed by atoms with van der Waals surface area (Å²) in [6.45, 7) is -0.405. The van der Waals surface area contributed by atoms with Gasteiger partial charge >= 0.3 is 0 Å². The first kappa shape index (κ1) is 17.5. The second-order valence-corrected chi connectivity index (χ2v) is 6.06. The molecule has 2 aromatic heterocycles. The van der Waals surface area contributed by atoms with Crippen molar-refractivity contribution >= 4 is 23.2 Å². The maximum absolute atomic E-state index is 10.2. The molecule has 0 spiro atoms. The molecular weight excluding hydrogens is 352 g/mol. The lowest BCUT2D eigenvalue weighted by Crippen LogP contribution is -2.33. The van der Waals surface area contributed by atoms with Crippen molar-refractivity contribution in [2.24, 2.45) is 5.10 Å². The third kappa shape index (κ3) is 3.26. The van der Waals surface area contributed by atoms with Gasteiger partial charge in [0.05, 0.1) is 19.1 Å². The zero-order chi connectivity index (χ0) is 18.8. The Kier molecular flexibility index (Phi) is 4.77. The molecule has 4 atom stereocenters. The minimum atomic E-state index is -1.22. The molecule has 0 aliphatic carbocycles. The van der Waals surface area contributed by atoms with Crippen LogP contribution in [0.5, 0.6) is 0 Å². The van der Waals surface area contributed by atoms with Crippen LogP contribution in [0.25, 0.3) is 11.2 Å². The van der Waals surface area contributed by atoms with E-state index >= 15 is 0 Å². The summed E-state index contributed by atoms with van der Waals surface area (Å²) < 4.78 is 7.02. The summed E-state index contributed by atoms with van der Waals surface area (Å²) in [5.74, 6) is 0.387. The molecule has 0 radical (unpaired) electrons. The summed E-state index contributed by atoms with van der Waals surface area (Å²) in [7, 11) is 0. The summed E-state index contributed by atoms with van der Waals surface area (Å²) >= 11 is 0. The molecule has 1 saturated heterocycles. The Morgan fingerprint density at radius 3 is 2.70 bits per heavy atom. The highest BCUT2D eigenvalue weighted by atomic mass is 16.6. The minimum absolute atomic E-state index is 0.387. The van der Waals surface area contributed by atoms with E-state index in [0.717, 1.165) is 5.56 Å². The number of aliphatic hydroxyl groups is 3. The monoisotopic (exact) mass is 370 g/mol. The summed E-state index contributed by atoms with van der Waals surface area (Å²) in [6, 6.07) is 9.57. The van der Waals surface area contributed by atoms with Gasteiger partial charge in [0.25, 0.3) is 0 Å². The number of ether oxygens (including phenoxy) is 1. The van der Waals surface area contributed by atoms with E-state index in [-0.39, 0.29) is 0 Å². The Bertz CT molecular complexity index is 947. The number of hydrogen-bond acceptors (Lipinski definition) is 9. The van der Waals surface area contributed by atoms with Crippen LogP contribution in [0.1, 0.15) is 11.8 Å². The standard InChI is InChI=1S/C17H18N6O4/c24-7-11-13(25)14(26)17(27-11)23-9-20-12-15(18-8-19-16(12)23)22-21-6-10-4-2-1-3-5-10/h1-6,8-9,11,13-14,17,24-26H,7H2,(H,18,19,22)/b21-6+/t11-,13+,14?,17-/m1/s1. The highest BCUT2D eigenvalue weighted by Gasteiger charge is 2.44. The first-order valence-electron chi connectivity index (χ1n) is 8.33. The van der Waals surface area contributed by atoms with Crippen molar-refractivity contribution in [1.29, 1.82) is 0 Å². The van der Waals surface area contributed by atoms with E-state index in [1.54, 1.807) is 6.21 Å². The van der Waals surface area contributed by atoms with Crippen LogP contribution in [-0.4, -0.2) is 66.0 Å². The quantitative estimate of drug-likeness (QED) is 0.360. The van der Waals surface area contributed by atoms with Gasteiger partial charge in [0.15, 0.2) is 23.2 Å². The molecule has 140 valence electrons. The first-order chi connectivity index (χ1) is 13.2. The number of fused-ring (bicyclic) bond motifs is 1. The molecule has 4 N–H and O–H groups in total. The molecule has 27 heavy (non-hydrogen) atoms. The fraction of sp³-hybridized carbons (Fsp3) is 0.294. The third-order valence-electron chi connectivity index (χ3n) is 4.33. The molecule has 10 nitrogen and oxygen atoms in total. The Morgan fingerprint density at radius 1 is 1.15 bits per heavy atom. The number of benzene rings is 1. The van der Waals surface area contributed by atoms with Crippen molar-refractivity contribution in [2.45, 2.75) is 24.5 Å². The number of nitrogens with zero attached hydrogens (tertiary/aromatic N) is 5.